The second-order valence-corrected chi connectivity index (χ2v) is 6.78. The summed E-state index contributed by atoms with van der Waals surface area (Å²) in [6.07, 6.45) is 0. The molecule has 0 unspecified atom stereocenters. The summed E-state index contributed by atoms with van der Waals surface area (Å²) < 4.78 is 19.8. The molecule has 5 heteroatoms. The number of carbonyl (C=O) groups excluding carboxylic acids is 1. The fourth-order valence-corrected chi connectivity index (χ4v) is 3.55. The number of halogens is 1. The van der Waals surface area contributed by atoms with E-state index in [2.05, 4.69) is 29.3 Å². The molecular formula is C24H21FN2O2. The largest absolute Gasteiger partial charge is 0.465 e. The van der Waals surface area contributed by atoms with Gasteiger partial charge in [-0.15, -0.1) is 0 Å². The summed E-state index contributed by atoms with van der Waals surface area (Å²) in [5.74, 6) is -1.25. The third-order valence-corrected chi connectivity index (χ3v) is 4.89. The second-order valence-electron chi connectivity index (χ2n) is 6.78. The molecule has 29 heavy (non-hydrogen) atoms. The van der Waals surface area contributed by atoms with Crippen LogP contribution in [0.25, 0.3) is 11.1 Å². The van der Waals surface area contributed by atoms with Crippen molar-refractivity contribution in [3.8, 4) is 11.1 Å². The van der Waals surface area contributed by atoms with Crippen molar-refractivity contribution in [2.45, 2.75) is 20.0 Å². The number of amides is 1. The van der Waals surface area contributed by atoms with E-state index in [9.17, 15) is 9.18 Å². The molecule has 0 bridgehead atoms. The lowest BCUT2D eigenvalue weighted by atomic mass is 9.97. The summed E-state index contributed by atoms with van der Waals surface area (Å²) in [5.41, 5.74) is 4.47. The summed E-state index contributed by atoms with van der Waals surface area (Å²) in [7, 11) is 0. The highest BCUT2D eigenvalue weighted by molar-refractivity contribution is 6.01. The van der Waals surface area contributed by atoms with E-state index in [4.69, 9.17) is 4.74 Å². The Kier molecular flexibility index (Phi) is 5.38. The van der Waals surface area contributed by atoms with Crippen molar-refractivity contribution in [2.24, 2.45) is 4.99 Å². The Bertz CT molecular complexity index is 1030. The normalized spacial score (nSPS) is 13.3. The quantitative estimate of drug-likeness (QED) is 0.456. The molecule has 0 saturated heterocycles. The van der Waals surface area contributed by atoms with Crippen LogP contribution < -0.4 is 0 Å². The smallest absolute Gasteiger partial charge is 0.296 e. The van der Waals surface area contributed by atoms with Gasteiger partial charge >= 0.3 is 0 Å². The van der Waals surface area contributed by atoms with Crippen LogP contribution >= 0.6 is 0 Å². The van der Waals surface area contributed by atoms with Crippen LogP contribution in [-0.4, -0.2) is 23.4 Å². The van der Waals surface area contributed by atoms with Gasteiger partial charge in [-0.05, 0) is 41.3 Å². The van der Waals surface area contributed by atoms with Crippen molar-refractivity contribution in [1.29, 1.82) is 0 Å². The average molecular weight is 388 g/mol. The first-order valence-electron chi connectivity index (χ1n) is 9.59. The van der Waals surface area contributed by atoms with Crippen molar-refractivity contribution >= 4 is 11.9 Å². The minimum atomic E-state index is -0.655. The Morgan fingerprint density at radius 3 is 2.07 bits per heavy atom. The number of hydrogen-bond donors (Lipinski definition) is 0. The Labute approximate surface area is 169 Å². The van der Waals surface area contributed by atoms with Gasteiger partial charge in [0.15, 0.2) is 0 Å². The van der Waals surface area contributed by atoms with Gasteiger partial charge in [-0.25, -0.2) is 4.39 Å². The van der Waals surface area contributed by atoms with Crippen LogP contribution in [0.2, 0.25) is 0 Å². The zero-order chi connectivity index (χ0) is 20.2. The Morgan fingerprint density at radius 1 is 0.931 bits per heavy atom. The number of rotatable bonds is 2. The van der Waals surface area contributed by atoms with Crippen LogP contribution in [0.3, 0.4) is 0 Å². The molecule has 0 aliphatic carbocycles. The number of fused-ring (bicyclic) bond motifs is 3. The highest BCUT2D eigenvalue weighted by Crippen LogP contribution is 2.32. The summed E-state index contributed by atoms with van der Waals surface area (Å²) in [6, 6.07) is 22.4. The van der Waals surface area contributed by atoms with E-state index < -0.39 is 11.7 Å². The lowest BCUT2D eigenvalue weighted by Gasteiger charge is -2.24. The van der Waals surface area contributed by atoms with E-state index in [1.54, 1.807) is 12.1 Å². The van der Waals surface area contributed by atoms with Crippen LogP contribution in [0.5, 0.6) is 0 Å². The minimum Gasteiger partial charge on any atom is -0.465 e. The molecule has 0 atom stereocenters. The van der Waals surface area contributed by atoms with Crippen molar-refractivity contribution in [3.05, 3.63) is 95.3 Å². The topological polar surface area (TPSA) is 41.9 Å². The third kappa shape index (κ3) is 3.90. The Hall–Kier alpha value is -3.47. The SMILES string of the molecule is CCO/C(=N\C(=O)c1ccccc1F)N1Cc2ccccc2-c2ccccc2C1. The molecular weight excluding hydrogens is 367 g/mol. The first-order chi connectivity index (χ1) is 14.2. The van der Waals surface area contributed by atoms with E-state index in [0.29, 0.717) is 19.7 Å². The maximum absolute atomic E-state index is 14.0. The first kappa shape index (κ1) is 18.9. The molecule has 0 aromatic heterocycles. The maximum Gasteiger partial charge on any atom is 0.296 e. The molecule has 3 aromatic carbocycles. The van der Waals surface area contributed by atoms with Crippen molar-refractivity contribution in [1.82, 2.24) is 4.90 Å². The molecule has 1 heterocycles. The third-order valence-electron chi connectivity index (χ3n) is 4.89. The zero-order valence-corrected chi connectivity index (χ0v) is 16.1. The molecule has 0 saturated carbocycles. The summed E-state index contributed by atoms with van der Waals surface area (Å²) in [4.78, 5) is 18.7. The summed E-state index contributed by atoms with van der Waals surface area (Å²) >= 11 is 0. The van der Waals surface area contributed by atoms with Gasteiger partial charge in [0.25, 0.3) is 11.9 Å². The standard InChI is InChI=1S/C24H21FN2O2/c1-2-29-24(26-23(28)21-13-7-8-14-22(21)25)27-15-17-9-3-5-11-19(17)20-12-6-4-10-18(20)16-27/h3-14H,2,15-16H2,1H3/b26-24-. The predicted molar refractivity (Wildman–Crippen MR) is 111 cm³/mol. The predicted octanol–water partition coefficient (Wildman–Crippen LogP) is 5.04. The number of benzene rings is 3. The molecule has 4 nitrogen and oxygen atoms in total. The molecule has 0 fully saturated rings. The Balaban J connectivity index is 1.75. The van der Waals surface area contributed by atoms with Gasteiger partial charge in [-0.3, -0.25) is 4.79 Å². The zero-order valence-electron chi connectivity index (χ0n) is 16.1. The Morgan fingerprint density at radius 2 is 1.48 bits per heavy atom. The van der Waals surface area contributed by atoms with Crippen LogP contribution in [0.4, 0.5) is 4.39 Å². The van der Waals surface area contributed by atoms with Crippen LogP contribution in [0, 0.1) is 5.82 Å². The highest BCUT2D eigenvalue weighted by Gasteiger charge is 2.23. The van der Waals surface area contributed by atoms with Gasteiger partial charge in [0.2, 0.25) is 0 Å². The monoisotopic (exact) mass is 388 g/mol. The van der Waals surface area contributed by atoms with Gasteiger partial charge in [0.05, 0.1) is 12.2 Å². The number of carbonyl (C=O) groups is 1. The molecule has 0 radical (unpaired) electrons. The molecule has 1 amide bonds. The van der Waals surface area contributed by atoms with Crippen molar-refractivity contribution < 1.29 is 13.9 Å². The molecule has 1 aliphatic heterocycles. The van der Waals surface area contributed by atoms with Gasteiger partial charge < -0.3 is 9.64 Å². The summed E-state index contributed by atoms with van der Waals surface area (Å²) in [6.45, 7) is 3.26. The van der Waals surface area contributed by atoms with Crippen molar-refractivity contribution in [3.63, 3.8) is 0 Å². The summed E-state index contributed by atoms with van der Waals surface area (Å²) in [5, 5.41) is 0. The fraction of sp³-hybridized carbons (Fsp3) is 0.167. The van der Waals surface area contributed by atoms with E-state index >= 15 is 0 Å². The lowest BCUT2D eigenvalue weighted by Crippen LogP contribution is -2.32. The number of nitrogens with zero attached hydrogens (tertiary/aromatic N) is 2. The number of aliphatic imine (C=N–C) groups is 1. The van der Waals surface area contributed by atoms with Crippen molar-refractivity contribution in [2.75, 3.05) is 6.61 Å². The van der Waals surface area contributed by atoms with E-state index in [1.165, 1.54) is 12.1 Å². The molecule has 0 N–H and O–H groups in total. The average Bonchev–Trinajstić information content (AvgIpc) is 2.90. The highest BCUT2D eigenvalue weighted by atomic mass is 19.1. The maximum atomic E-state index is 14.0. The minimum absolute atomic E-state index is 0.0691. The van der Waals surface area contributed by atoms with Gasteiger partial charge in [-0.2, -0.15) is 4.99 Å². The van der Waals surface area contributed by atoms with Crippen LogP contribution in [-0.2, 0) is 17.8 Å². The van der Waals surface area contributed by atoms with Crippen LogP contribution in [0.1, 0.15) is 28.4 Å². The second kappa shape index (κ2) is 8.27. The van der Waals surface area contributed by atoms with Gasteiger partial charge in [0.1, 0.15) is 5.82 Å². The van der Waals surface area contributed by atoms with E-state index in [1.807, 2.05) is 36.1 Å². The number of hydrogen-bond acceptors (Lipinski definition) is 2. The first-order valence-corrected chi connectivity index (χ1v) is 9.59. The van der Waals surface area contributed by atoms with Gasteiger partial charge in [-0.1, -0.05) is 60.7 Å². The number of ether oxygens (including phenoxy) is 1. The molecule has 3 aromatic rings. The lowest BCUT2D eigenvalue weighted by molar-refractivity contribution is 0.0989. The van der Waals surface area contributed by atoms with E-state index in [0.717, 1.165) is 22.3 Å². The number of amidine groups is 1. The van der Waals surface area contributed by atoms with Crippen LogP contribution in [0.15, 0.2) is 77.8 Å². The van der Waals surface area contributed by atoms with E-state index in [-0.39, 0.29) is 11.6 Å². The fourth-order valence-electron chi connectivity index (χ4n) is 3.55. The molecule has 0 spiro atoms. The molecule has 1 aliphatic rings. The van der Waals surface area contributed by atoms with Gasteiger partial charge in [0, 0.05) is 13.1 Å². The molecule has 4 rings (SSSR count). The molecule has 146 valence electrons.